The Labute approximate surface area is 184 Å². The van der Waals surface area contributed by atoms with Gasteiger partial charge in [0, 0.05) is 44.3 Å². The lowest BCUT2D eigenvalue weighted by atomic mass is 9.89. The first-order valence-corrected chi connectivity index (χ1v) is 11.5. The number of rotatable bonds is 4. The van der Waals surface area contributed by atoms with Gasteiger partial charge < -0.3 is 16.4 Å². The van der Waals surface area contributed by atoms with Crippen LogP contribution in [-0.2, 0) is 6.54 Å². The van der Waals surface area contributed by atoms with Gasteiger partial charge in [0.05, 0.1) is 35.0 Å². The van der Waals surface area contributed by atoms with Crippen molar-refractivity contribution >= 4 is 16.6 Å². The van der Waals surface area contributed by atoms with E-state index in [1.165, 1.54) is 39.0 Å². The van der Waals surface area contributed by atoms with Crippen LogP contribution in [-0.4, -0.2) is 63.8 Å². The highest BCUT2D eigenvalue weighted by atomic mass is 15.3. The Balaban J connectivity index is 1.41. The van der Waals surface area contributed by atoms with Gasteiger partial charge >= 0.3 is 0 Å². The number of nitrogen functional groups attached to an aromatic ring is 1. The van der Waals surface area contributed by atoms with Gasteiger partial charge in [-0.2, -0.15) is 5.10 Å². The van der Waals surface area contributed by atoms with E-state index in [1.54, 1.807) is 6.20 Å². The number of anilines is 1. The average Bonchev–Trinajstić information content (AvgIpc) is 3.21. The maximum atomic E-state index is 6.38. The third kappa shape index (κ3) is 3.93. The van der Waals surface area contributed by atoms with Gasteiger partial charge in [0.25, 0.3) is 0 Å². The van der Waals surface area contributed by atoms with Crippen molar-refractivity contribution in [1.29, 1.82) is 0 Å². The van der Waals surface area contributed by atoms with Gasteiger partial charge in [0.1, 0.15) is 5.69 Å². The van der Waals surface area contributed by atoms with Crippen molar-refractivity contribution in [1.82, 2.24) is 24.6 Å². The number of hydrogen-bond acceptors (Lipinski definition) is 6. The molecule has 3 aromatic rings. The molecule has 164 valence electrons. The second-order valence-electron chi connectivity index (χ2n) is 9.12. The van der Waals surface area contributed by atoms with Crippen LogP contribution in [0.15, 0.2) is 36.7 Å². The first-order valence-electron chi connectivity index (χ1n) is 11.5. The molecular formula is C24H33N7. The predicted molar refractivity (Wildman–Crippen MR) is 126 cm³/mol. The van der Waals surface area contributed by atoms with Gasteiger partial charge in [-0.3, -0.25) is 14.6 Å². The standard InChI is InChI=1S/C24H33N7/c1-29-10-12-30(13-11-29)19-6-8-20(9-7-19)31-22-16-27-15-21(26)23(22)24(28-31)18-4-2-17(14-25)3-5-18/h2-5,15-16,19-20H,6-14,25-26H2,1H3. The molecule has 1 aromatic carbocycles. The number of hydrogen-bond donors (Lipinski definition) is 2. The molecule has 2 fully saturated rings. The van der Waals surface area contributed by atoms with Crippen molar-refractivity contribution in [3.05, 3.63) is 42.2 Å². The zero-order valence-corrected chi connectivity index (χ0v) is 18.4. The maximum absolute atomic E-state index is 6.38. The molecule has 2 aromatic heterocycles. The molecule has 7 heteroatoms. The second-order valence-corrected chi connectivity index (χ2v) is 9.12. The number of likely N-dealkylation sites (N-methyl/N-ethyl adjacent to an activating group) is 1. The number of aromatic nitrogens is 3. The number of piperazine rings is 1. The van der Waals surface area contributed by atoms with E-state index in [0.717, 1.165) is 40.6 Å². The molecule has 7 nitrogen and oxygen atoms in total. The summed E-state index contributed by atoms with van der Waals surface area (Å²) in [6.07, 6.45) is 8.40. The molecule has 0 bridgehead atoms. The summed E-state index contributed by atoms with van der Waals surface area (Å²) in [5.74, 6) is 0. The van der Waals surface area contributed by atoms with Crippen LogP contribution in [0.25, 0.3) is 22.2 Å². The molecule has 0 spiro atoms. The molecular weight excluding hydrogens is 386 g/mol. The summed E-state index contributed by atoms with van der Waals surface area (Å²) in [5.41, 5.74) is 17.0. The van der Waals surface area contributed by atoms with Crippen molar-refractivity contribution in [3.8, 4) is 11.3 Å². The average molecular weight is 420 g/mol. The predicted octanol–water partition coefficient (Wildman–Crippen LogP) is 2.87. The summed E-state index contributed by atoms with van der Waals surface area (Å²) in [6.45, 7) is 5.29. The van der Waals surface area contributed by atoms with E-state index < -0.39 is 0 Å². The van der Waals surface area contributed by atoms with Gasteiger partial charge in [-0.15, -0.1) is 0 Å². The minimum atomic E-state index is 0.395. The SMILES string of the molecule is CN1CCN(C2CCC(n3nc(-c4ccc(CN)cc4)c4c(N)cncc43)CC2)CC1. The fourth-order valence-electron chi connectivity index (χ4n) is 5.24. The highest BCUT2D eigenvalue weighted by molar-refractivity contribution is 6.01. The van der Waals surface area contributed by atoms with Crippen LogP contribution in [0.2, 0.25) is 0 Å². The van der Waals surface area contributed by atoms with E-state index in [2.05, 4.69) is 50.8 Å². The van der Waals surface area contributed by atoms with Crippen LogP contribution in [0.1, 0.15) is 37.3 Å². The molecule has 1 aliphatic carbocycles. The first kappa shape index (κ1) is 20.4. The van der Waals surface area contributed by atoms with Crippen molar-refractivity contribution in [2.45, 2.75) is 44.3 Å². The van der Waals surface area contributed by atoms with Gasteiger partial charge in [-0.05, 0) is 38.3 Å². The third-order valence-electron chi connectivity index (χ3n) is 7.18. The first-order chi connectivity index (χ1) is 15.1. The quantitative estimate of drug-likeness (QED) is 0.676. The summed E-state index contributed by atoms with van der Waals surface area (Å²) in [4.78, 5) is 9.51. The highest BCUT2D eigenvalue weighted by Crippen LogP contribution is 2.37. The van der Waals surface area contributed by atoms with Gasteiger partial charge in [-0.1, -0.05) is 24.3 Å². The Kier molecular flexibility index (Phi) is 5.65. The molecule has 4 N–H and O–H groups in total. The number of pyridine rings is 1. The monoisotopic (exact) mass is 419 g/mol. The van der Waals surface area contributed by atoms with E-state index in [9.17, 15) is 0 Å². The molecule has 0 radical (unpaired) electrons. The van der Waals surface area contributed by atoms with Crippen molar-refractivity contribution in [3.63, 3.8) is 0 Å². The van der Waals surface area contributed by atoms with Crippen LogP contribution in [0.3, 0.4) is 0 Å². The number of benzene rings is 1. The Morgan fingerprint density at radius 2 is 1.61 bits per heavy atom. The maximum Gasteiger partial charge on any atom is 0.102 e. The van der Waals surface area contributed by atoms with Crippen molar-refractivity contribution < 1.29 is 0 Å². The minimum Gasteiger partial charge on any atom is -0.397 e. The van der Waals surface area contributed by atoms with E-state index >= 15 is 0 Å². The molecule has 0 atom stereocenters. The lowest BCUT2D eigenvalue weighted by Gasteiger charge is -2.41. The van der Waals surface area contributed by atoms with E-state index in [0.29, 0.717) is 24.3 Å². The Morgan fingerprint density at radius 1 is 0.935 bits per heavy atom. The summed E-state index contributed by atoms with van der Waals surface area (Å²) in [7, 11) is 2.22. The third-order valence-corrected chi connectivity index (χ3v) is 7.18. The van der Waals surface area contributed by atoms with Crippen LogP contribution >= 0.6 is 0 Å². The van der Waals surface area contributed by atoms with Crippen LogP contribution in [0.4, 0.5) is 5.69 Å². The fourth-order valence-corrected chi connectivity index (χ4v) is 5.24. The lowest BCUT2D eigenvalue weighted by Crippen LogP contribution is -2.49. The van der Waals surface area contributed by atoms with E-state index in [4.69, 9.17) is 16.6 Å². The fraction of sp³-hybridized carbons (Fsp3) is 0.500. The zero-order valence-electron chi connectivity index (χ0n) is 18.4. The van der Waals surface area contributed by atoms with Gasteiger partial charge in [0.2, 0.25) is 0 Å². The Hall–Kier alpha value is -2.48. The number of nitrogens with two attached hydrogens (primary N) is 2. The van der Waals surface area contributed by atoms with Gasteiger partial charge in [0.15, 0.2) is 0 Å². The second kappa shape index (κ2) is 8.57. The lowest BCUT2D eigenvalue weighted by molar-refractivity contribution is 0.0816. The van der Waals surface area contributed by atoms with Crippen molar-refractivity contribution in [2.24, 2.45) is 5.73 Å². The molecule has 0 amide bonds. The van der Waals surface area contributed by atoms with Crippen molar-refractivity contribution in [2.75, 3.05) is 39.0 Å². The largest absolute Gasteiger partial charge is 0.397 e. The van der Waals surface area contributed by atoms with Gasteiger partial charge in [-0.25, -0.2) is 0 Å². The molecule has 5 rings (SSSR count). The minimum absolute atomic E-state index is 0.395. The normalized spacial score (nSPS) is 23.4. The molecule has 3 heterocycles. The molecule has 0 unspecified atom stereocenters. The zero-order chi connectivity index (χ0) is 21.4. The Bertz CT molecular complexity index is 1030. The number of fused-ring (bicyclic) bond motifs is 1. The summed E-state index contributed by atoms with van der Waals surface area (Å²) in [5, 5.41) is 6.10. The van der Waals surface area contributed by atoms with Crippen LogP contribution < -0.4 is 11.5 Å². The molecule has 1 saturated carbocycles. The van der Waals surface area contributed by atoms with E-state index in [1.807, 2.05) is 6.20 Å². The molecule has 31 heavy (non-hydrogen) atoms. The topological polar surface area (TPSA) is 89.2 Å². The number of nitrogens with zero attached hydrogens (tertiary/aromatic N) is 5. The summed E-state index contributed by atoms with van der Waals surface area (Å²) in [6, 6.07) is 9.43. The van der Waals surface area contributed by atoms with E-state index in [-0.39, 0.29) is 0 Å². The van der Waals surface area contributed by atoms with Crippen LogP contribution in [0, 0.1) is 0 Å². The van der Waals surface area contributed by atoms with Crippen LogP contribution in [0.5, 0.6) is 0 Å². The molecule has 1 saturated heterocycles. The summed E-state index contributed by atoms with van der Waals surface area (Å²) >= 11 is 0. The molecule has 1 aliphatic heterocycles. The molecule has 2 aliphatic rings. The Morgan fingerprint density at radius 3 is 2.29 bits per heavy atom. The smallest absolute Gasteiger partial charge is 0.102 e. The summed E-state index contributed by atoms with van der Waals surface area (Å²) < 4.78 is 2.20. The highest BCUT2D eigenvalue weighted by Gasteiger charge is 2.30.